The molecule has 0 atom stereocenters. The number of carbonyl (C=O) groups is 1. The highest BCUT2D eigenvalue weighted by Gasteiger charge is 2.16. The molecule has 0 unspecified atom stereocenters. The Labute approximate surface area is 187 Å². The molecule has 3 aromatic carbocycles. The molecule has 1 N–H and O–H groups in total. The Morgan fingerprint density at radius 2 is 1.55 bits per heavy atom. The number of rotatable bonds is 6. The fourth-order valence-corrected chi connectivity index (χ4v) is 4.61. The van der Waals surface area contributed by atoms with Crippen LogP contribution in [0.3, 0.4) is 0 Å². The van der Waals surface area contributed by atoms with Gasteiger partial charge in [0, 0.05) is 16.0 Å². The molecule has 31 heavy (non-hydrogen) atoms. The summed E-state index contributed by atoms with van der Waals surface area (Å²) in [6, 6.07) is 24.3. The van der Waals surface area contributed by atoms with E-state index in [1.54, 1.807) is 11.3 Å². The van der Waals surface area contributed by atoms with Crippen molar-refractivity contribution in [1.29, 1.82) is 0 Å². The van der Waals surface area contributed by atoms with Crippen LogP contribution in [0, 0.1) is 13.8 Å². The third-order valence-corrected chi connectivity index (χ3v) is 6.46. The monoisotopic (exact) mass is 426 g/mol. The average molecular weight is 427 g/mol. The largest absolute Gasteiger partial charge is 0.298 e. The molecule has 0 radical (unpaired) electrons. The van der Waals surface area contributed by atoms with Gasteiger partial charge in [0.05, 0.1) is 5.69 Å². The predicted octanol–water partition coefficient (Wildman–Crippen LogP) is 7.30. The minimum absolute atomic E-state index is 0.136. The van der Waals surface area contributed by atoms with E-state index in [1.165, 1.54) is 16.0 Å². The second-order valence-electron chi connectivity index (χ2n) is 7.74. The lowest BCUT2D eigenvalue weighted by Crippen LogP contribution is -2.11. The third-order valence-electron chi connectivity index (χ3n) is 5.43. The number of aromatic nitrogens is 1. The molecule has 4 rings (SSSR count). The molecule has 0 fully saturated rings. The van der Waals surface area contributed by atoms with Crippen molar-refractivity contribution in [3.63, 3.8) is 0 Å². The number of carbonyl (C=O) groups excluding carboxylic acids is 1. The van der Waals surface area contributed by atoms with Crippen molar-refractivity contribution in [3.05, 3.63) is 94.4 Å². The Morgan fingerprint density at radius 3 is 2.23 bits per heavy atom. The molecule has 1 heterocycles. The summed E-state index contributed by atoms with van der Waals surface area (Å²) in [5, 5.41) is 3.65. The summed E-state index contributed by atoms with van der Waals surface area (Å²) in [5.74, 6) is -0.136. The van der Waals surface area contributed by atoms with E-state index in [0.717, 1.165) is 35.2 Å². The van der Waals surface area contributed by atoms with Crippen LogP contribution in [-0.4, -0.2) is 10.9 Å². The van der Waals surface area contributed by atoms with E-state index in [1.807, 2.05) is 42.5 Å². The fraction of sp³-hybridized carbons (Fsp3) is 0.185. The highest BCUT2D eigenvalue weighted by atomic mass is 32.1. The second kappa shape index (κ2) is 9.27. The van der Waals surface area contributed by atoms with E-state index < -0.39 is 0 Å². The Bertz CT molecular complexity index is 1190. The quantitative estimate of drug-likeness (QED) is 0.351. The van der Waals surface area contributed by atoms with Gasteiger partial charge in [-0.3, -0.25) is 10.1 Å². The number of thiazole rings is 1. The van der Waals surface area contributed by atoms with Gasteiger partial charge < -0.3 is 0 Å². The summed E-state index contributed by atoms with van der Waals surface area (Å²) >= 11 is 1.57. The Hall–Kier alpha value is -3.24. The van der Waals surface area contributed by atoms with Crippen LogP contribution in [0.25, 0.3) is 22.4 Å². The van der Waals surface area contributed by atoms with Gasteiger partial charge in [-0.05, 0) is 60.7 Å². The maximum atomic E-state index is 12.8. The molecular formula is C27H26N2OS. The maximum Gasteiger partial charge on any atom is 0.257 e. The first-order chi connectivity index (χ1) is 15.0. The van der Waals surface area contributed by atoms with Gasteiger partial charge >= 0.3 is 0 Å². The number of nitrogens with one attached hydrogen (secondary N) is 1. The molecule has 0 bridgehead atoms. The topological polar surface area (TPSA) is 42.0 Å². The van der Waals surface area contributed by atoms with Crippen LogP contribution in [0.15, 0.2) is 72.8 Å². The number of hydrogen-bond donors (Lipinski definition) is 1. The van der Waals surface area contributed by atoms with E-state index in [4.69, 9.17) is 4.98 Å². The molecule has 0 spiro atoms. The van der Waals surface area contributed by atoms with Crippen LogP contribution in [0.1, 0.15) is 39.7 Å². The van der Waals surface area contributed by atoms with Crippen LogP contribution in [0.4, 0.5) is 5.13 Å². The van der Waals surface area contributed by atoms with Crippen LogP contribution in [-0.2, 0) is 6.42 Å². The van der Waals surface area contributed by atoms with Gasteiger partial charge in [0.1, 0.15) is 0 Å². The summed E-state index contributed by atoms with van der Waals surface area (Å²) < 4.78 is 0. The van der Waals surface area contributed by atoms with Crippen molar-refractivity contribution >= 4 is 22.4 Å². The van der Waals surface area contributed by atoms with Crippen molar-refractivity contribution in [1.82, 2.24) is 4.98 Å². The SMILES string of the molecule is CCCc1sc(NC(=O)c2ccc(-c3ccccc3)cc2)nc1-c1ccc(C)c(C)c1. The summed E-state index contributed by atoms with van der Waals surface area (Å²) in [5.41, 5.74) is 7.45. The number of amides is 1. The number of aryl methyl sites for hydroxylation is 3. The van der Waals surface area contributed by atoms with Crippen LogP contribution < -0.4 is 5.32 Å². The Balaban J connectivity index is 1.56. The maximum absolute atomic E-state index is 12.8. The number of hydrogen-bond acceptors (Lipinski definition) is 3. The normalized spacial score (nSPS) is 10.8. The lowest BCUT2D eigenvalue weighted by molar-refractivity contribution is 0.102. The first kappa shape index (κ1) is 21.0. The molecule has 4 heteroatoms. The third kappa shape index (κ3) is 4.75. The van der Waals surface area contributed by atoms with Gasteiger partial charge in [0.25, 0.3) is 5.91 Å². The fourth-order valence-electron chi connectivity index (χ4n) is 3.53. The smallest absolute Gasteiger partial charge is 0.257 e. The number of anilines is 1. The standard InChI is InChI=1S/C27H26N2OS/c1-4-8-24-25(23-12-11-18(2)19(3)17-23)28-27(31-24)29-26(30)22-15-13-21(14-16-22)20-9-6-5-7-10-20/h5-7,9-17H,4,8H2,1-3H3,(H,28,29,30). The first-order valence-corrected chi connectivity index (χ1v) is 11.4. The second-order valence-corrected chi connectivity index (χ2v) is 8.82. The van der Waals surface area contributed by atoms with Crippen molar-refractivity contribution in [3.8, 4) is 22.4 Å². The van der Waals surface area contributed by atoms with Gasteiger partial charge in [0.15, 0.2) is 5.13 Å². The molecule has 0 saturated carbocycles. The van der Waals surface area contributed by atoms with Gasteiger partial charge in [-0.25, -0.2) is 4.98 Å². The lowest BCUT2D eigenvalue weighted by atomic mass is 10.0. The number of nitrogens with zero attached hydrogens (tertiary/aromatic N) is 1. The molecule has 0 aliphatic rings. The molecule has 0 aliphatic carbocycles. The van der Waals surface area contributed by atoms with Crippen molar-refractivity contribution in [2.45, 2.75) is 33.6 Å². The molecule has 3 nitrogen and oxygen atoms in total. The van der Waals surface area contributed by atoms with Gasteiger partial charge in [-0.15, -0.1) is 11.3 Å². The predicted molar refractivity (Wildman–Crippen MR) is 131 cm³/mol. The van der Waals surface area contributed by atoms with E-state index in [2.05, 4.69) is 56.4 Å². The summed E-state index contributed by atoms with van der Waals surface area (Å²) in [7, 11) is 0. The highest BCUT2D eigenvalue weighted by molar-refractivity contribution is 7.16. The minimum Gasteiger partial charge on any atom is -0.298 e. The van der Waals surface area contributed by atoms with E-state index in [0.29, 0.717) is 10.7 Å². The summed E-state index contributed by atoms with van der Waals surface area (Å²) in [4.78, 5) is 18.8. The highest BCUT2D eigenvalue weighted by Crippen LogP contribution is 2.33. The zero-order valence-electron chi connectivity index (χ0n) is 18.1. The zero-order chi connectivity index (χ0) is 21.8. The van der Waals surface area contributed by atoms with E-state index >= 15 is 0 Å². The van der Waals surface area contributed by atoms with Gasteiger partial charge in [-0.1, -0.05) is 67.9 Å². The van der Waals surface area contributed by atoms with Gasteiger partial charge in [-0.2, -0.15) is 0 Å². The van der Waals surface area contributed by atoms with Crippen molar-refractivity contribution < 1.29 is 4.79 Å². The van der Waals surface area contributed by atoms with Crippen LogP contribution >= 0.6 is 11.3 Å². The van der Waals surface area contributed by atoms with Crippen molar-refractivity contribution in [2.24, 2.45) is 0 Å². The van der Waals surface area contributed by atoms with E-state index in [-0.39, 0.29) is 5.91 Å². The molecule has 156 valence electrons. The lowest BCUT2D eigenvalue weighted by Gasteiger charge is -2.05. The Morgan fingerprint density at radius 1 is 0.871 bits per heavy atom. The van der Waals surface area contributed by atoms with E-state index in [9.17, 15) is 4.79 Å². The van der Waals surface area contributed by atoms with Crippen LogP contribution in [0.5, 0.6) is 0 Å². The molecule has 4 aromatic rings. The zero-order valence-corrected chi connectivity index (χ0v) is 18.9. The molecule has 1 amide bonds. The molecule has 0 saturated heterocycles. The molecular weight excluding hydrogens is 400 g/mol. The minimum atomic E-state index is -0.136. The summed E-state index contributed by atoms with van der Waals surface area (Å²) in [6.45, 7) is 6.39. The average Bonchev–Trinajstić information content (AvgIpc) is 3.19. The molecule has 0 aliphatic heterocycles. The van der Waals surface area contributed by atoms with Gasteiger partial charge in [0.2, 0.25) is 0 Å². The van der Waals surface area contributed by atoms with Crippen LogP contribution in [0.2, 0.25) is 0 Å². The number of benzene rings is 3. The first-order valence-electron chi connectivity index (χ1n) is 10.6. The Kier molecular flexibility index (Phi) is 6.28. The summed E-state index contributed by atoms with van der Waals surface area (Å²) in [6.07, 6.45) is 1.98. The molecule has 1 aromatic heterocycles. The van der Waals surface area contributed by atoms with Crippen molar-refractivity contribution in [2.75, 3.05) is 5.32 Å².